The third-order valence-electron chi connectivity index (χ3n) is 1.87. The molecule has 1 atom stereocenters. The summed E-state index contributed by atoms with van der Waals surface area (Å²) in [5.41, 5.74) is 1.57. The van der Waals surface area contributed by atoms with E-state index in [4.69, 9.17) is 5.11 Å². The molecule has 0 fully saturated rings. The number of carboxylic acids is 1. The van der Waals surface area contributed by atoms with E-state index in [2.05, 4.69) is 9.97 Å². The summed E-state index contributed by atoms with van der Waals surface area (Å²) < 4.78 is 0. The van der Waals surface area contributed by atoms with Gasteiger partial charge in [-0.1, -0.05) is 6.92 Å². The molecule has 1 unspecified atom stereocenters. The zero-order valence-electron chi connectivity index (χ0n) is 7.69. The molecule has 4 heteroatoms. The van der Waals surface area contributed by atoms with Crippen molar-refractivity contribution in [1.29, 1.82) is 0 Å². The van der Waals surface area contributed by atoms with Crippen LogP contribution < -0.4 is 0 Å². The Kier molecular flexibility index (Phi) is 2.95. The highest BCUT2D eigenvalue weighted by atomic mass is 16.4. The van der Waals surface area contributed by atoms with Gasteiger partial charge in [-0.05, 0) is 6.92 Å². The lowest BCUT2D eigenvalue weighted by Crippen LogP contribution is -2.07. The van der Waals surface area contributed by atoms with Crippen LogP contribution in [-0.4, -0.2) is 21.0 Å². The molecule has 0 saturated heterocycles. The van der Waals surface area contributed by atoms with E-state index in [1.165, 1.54) is 0 Å². The maximum absolute atomic E-state index is 10.4. The van der Waals surface area contributed by atoms with Crippen molar-refractivity contribution >= 4 is 5.97 Å². The summed E-state index contributed by atoms with van der Waals surface area (Å²) in [5.74, 6) is -0.885. The van der Waals surface area contributed by atoms with Gasteiger partial charge in [0.1, 0.15) is 0 Å². The summed E-state index contributed by atoms with van der Waals surface area (Å²) in [4.78, 5) is 18.6. The van der Waals surface area contributed by atoms with Crippen molar-refractivity contribution in [1.82, 2.24) is 9.97 Å². The van der Waals surface area contributed by atoms with Gasteiger partial charge in [0.05, 0.1) is 17.8 Å². The second-order valence-corrected chi connectivity index (χ2v) is 3.03. The Hall–Kier alpha value is -1.45. The number of aromatic nitrogens is 2. The summed E-state index contributed by atoms with van der Waals surface area (Å²) in [6.07, 6.45) is 3.28. The van der Waals surface area contributed by atoms with Gasteiger partial charge in [-0.3, -0.25) is 14.8 Å². The second kappa shape index (κ2) is 3.98. The number of rotatable bonds is 3. The zero-order chi connectivity index (χ0) is 9.84. The fourth-order valence-corrected chi connectivity index (χ4v) is 1.26. The first-order valence-corrected chi connectivity index (χ1v) is 4.10. The van der Waals surface area contributed by atoms with Gasteiger partial charge >= 0.3 is 5.97 Å². The fraction of sp³-hybridized carbons (Fsp3) is 0.444. The van der Waals surface area contributed by atoms with Crippen LogP contribution >= 0.6 is 0 Å². The highest BCUT2D eigenvalue weighted by Crippen LogP contribution is 2.17. The Balaban J connectivity index is 2.82. The van der Waals surface area contributed by atoms with Gasteiger partial charge in [0, 0.05) is 18.3 Å². The summed E-state index contributed by atoms with van der Waals surface area (Å²) in [7, 11) is 0. The lowest BCUT2D eigenvalue weighted by atomic mass is 10.0. The number of carboxylic acid groups (broad SMARTS) is 1. The SMILES string of the molecule is Cc1nccnc1C(C)CC(=O)O. The van der Waals surface area contributed by atoms with Gasteiger partial charge in [0.2, 0.25) is 0 Å². The Bertz CT molecular complexity index is 312. The Morgan fingerprint density at radius 3 is 2.69 bits per heavy atom. The number of aryl methyl sites for hydroxylation is 1. The molecule has 0 bridgehead atoms. The molecule has 0 aromatic carbocycles. The van der Waals surface area contributed by atoms with E-state index >= 15 is 0 Å². The van der Waals surface area contributed by atoms with E-state index in [9.17, 15) is 4.79 Å². The van der Waals surface area contributed by atoms with Crippen molar-refractivity contribution in [3.05, 3.63) is 23.8 Å². The van der Waals surface area contributed by atoms with Crippen molar-refractivity contribution in [2.24, 2.45) is 0 Å². The third kappa shape index (κ3) is 2.50. The van der Waals surface area contributed by atoms with Gasteiger partial charge in [0.15, 0.2) is 0 Å². The van der Waals surface area contributed by atoms with Crippen molar-refractivity contribution in [3.8, 4) is 0 Å². The smallest absolute Gasteiger partial charge is 0.304 e. The summed E-state index contributed by atoms with van der Waals surface area (Å²) in [6, 6.07) is 0. The number of nitrogens with zero attached hydrogens (tertiary/aromatic N) is 2. The molecular weight excluding hydrogens is 168 g/mol. The molecule has 13 heavy (non-hydrogen) atoms. The van der Waals surface area contributed by atoms with Gasteiger partial charge in [-0.2, -0.15) is 0 Å². The van der Waals surface area contributed by atoms with E-state index in [0.717, 1.165) is 11.4 Å². The quantitative estimate of drug-likeness (QED) is 0.762. The molecule has 1 aromatic heterocycles. The van der Waals surface area contributed by atoms with Gasteiger partial charge in [0.25, 0.3) is 0 Å². The summed E-state index contributed by atoms with van der Waals surface area (Å²) in [6.45, 7) is 3.67. The first kappa shape index (κ1) is 9.64. The zero-order valence-corrected chi connectivity index (χ0v) is 7.69. The Morgan fingerprint density at radius 2 is 2.15 bits per heavy atom. The summed E-state index contributed by atoms with van der Waals surface area (Å²) >= 11 is 0. The number of aliphatic carboxylic acids is 1. The molecule has 70 valence electrons. The lowest BCUT2D eigenvalue weighted by molar-refractivity contribution is -0.137. The highest BCUT2D eigenvalue weighted by molar-refractivity contribution is 5.67. The minimum Gasteiger partial charge on any atom is -0.481 e. The van der Waals surface area contributed by atoms with Crippen molar-refractivity contribution < 1.29 is 9.90 Å². The van der Waals surface area contributed by atoms with E-state index < -0.39 is 5.97 Å². The monoisotopic (exact) mass is 180 g/mol. The molecule has 1 aromatic rings. The third-order valence-corrected chi connectivity index (χ3v) is 1.87. The standard InChI is InChI=1S/C9H12N2O2/c1-6(5-8(12)13)9-7(2)10-3-4-11-9/h3-4,6H,5H2,1-2H3,(H,12,13). The molecule has 0 spiro atoms. The topological polar surface area (TPSA) is 63.1 Å². The molecule has 0 aliphatic heterocycles. The predicted molar refractivity (Wildman–Crippen MR) is 47.4 cm³/mol. The van der Waals surface area contributed by atoms with Crippen LogP contribution in [0.4, 0.5) is 0 Å². The molecule has 1 N–H and O–H groups in total. The van der Waals surface area contributed by atoms with Crippen LogP contribution in [-0.2, 0) is 4.79 Å². The molecule has 0 amide bonds. The van der Waals surface area contributed by atoms with Crippen LogP contribution in [0.2, 0.25) is 0 Å². The lowest BCUT2D eigenvalue weighted by Gasteiger charge is -2.09. The van der Waals surface area contributed by atoms with Gasteiger partial charge < -0.3 is 5.11 Å². The molecule has 4 nitrogen and oxygen atoms in total. The van der Waals surface area contributed by atoms with Gasteiger partial charge in [-0.15, -0.1) is 0 Å². The average molecular weight is 180 g/mol. The van der Waals surface area contributed by atoms with E-state index in [0.29, 0.717) is 0 Å². The maximum Gasteiger partial charge on any atom is 0.304 e. The van der Waals surface area contributed by atoms with E-state index in [1.807, 2.05) is 13.8 Å². The van der Waals surface area contributed by atoms with Crippen molar-refractivity contribution in [2.75, 3.05) is 0 Å². The Morgan fingerprint density at radius 1 is 1.54 bits per heavy atom. The van der Waals surface area contributed by atoms with Crippen LogP contribution in [0.25, 0.3) is 0 Å². The molecular formula is C9H12N2O2. The minimum atomic E-state index is -0.808. The molecule has 0 aliphatic rings. The first-order chi connectivity index (χ1) is 6.11. The van der Waals surface area contributed by atoms with Gasteiger partial charge in [-0.25, -0.2) is 0 Å². The highest BCUT2D eigenvalue weighted by Gasteiger charge is 2.13. The van der Waals surface area contributed by atoms with Crippen molar-refractivity contribution in [3.63, 3.8) is 0 Å². The molecule has 0 aliphatic carbocycles. The molecule has 1 heterocycles. The normalized spacial score (nSPS) is 12.5. The average Bonchev–Trinajstić information content (AvgIpc) is 2.03. The predicted octanol–water partition coefficient (Wildman–Crippen LogP) is 1.36. The first-order valence-electron chi connectivity index (χ1n) is 4.10. The minimum absolute atomic E-state index is 0.0776. The van der Waals surface area contributed by atoms with Crippen LogP contribution in [0, 0.1) is 6.92 Å². The van der Waals surface area contributed by atoms with Crippen LogP contribution in [0.3, 0.4) is 0 Å². The molecule has 1 rings (SSSR count). The Labute approximate surface area is 76.7 Å². The van der Waals surface area contributed by atoms with Crippen LogP contribution in [0.15, 0.2) is 12.4 Å². The molecule has 0 radical (unpaired) electrons. The van der Waals surface area contributed by atoms with Crippen molar-refractivity contribution in [2.45, 2.75) is 26.2 Å². The fourth-order valence-electron chi connectivity index (χ4n) is 1.26. The van der Waals surface area contributed by atoms with E-state index in [-0.39, 0.29) is 12.3 Å². The maximum atomic E-state index is 10.4. The van der Waals surface area contributed by atoms with Crippen LogP contribution in [0.5, 0.6) is 0 Å². The number of carbonyl (C=O) groups is 1. The van der Waals surface area contributed by atoms with E-state index in [1.54, 1.807) is 12.4 Å². The molecule has 0 saturated carbocycles. The largest absolute Gasteiger partial charge is 0.481 e. The van der Waals surface area contributed by atoms with Crippen LogP contribution in [0.1, 0.15) is 30.7 Å². The number of hydrogen-bond acceptors (Lipinski definition) is 3. The number of hydrogen-bond donors (Lipinski definition) is 1. The second-order valence-electron chi connectivity index (χ2n) is 3.03. The summed E-state index contributed by atoms with van der Waals surface area (Å²) in [5, 5.41) is 8.59.